The van der Waals surface area contributed by atoms with Gasteiger partial charge >= 0.3 is 0 Å². The molecule has 0 amide bonds. The Kier molecular flexibility index (Phi) is 4.37. The van der Waals surface area contributed by atoms with Crippen molar-refractivity contribution in [3.8, 4) is 0 Å². The maximum absolute atomic E-state index is 8.83. The summed E-state index contributed by atoms with van der Waals surface area (Å²) in [6, 6.07) is 8.81. The summed E-state index contributed by atoms with van der Waals surface area (Å²) >= 11 is 0. The molecule has 1 aliphatic heterocycles. The summed E-state index contributed by atoms with van der Waals surface area (Å²) < 4.78 is 5.38. The zero-order valence-corrected chi connectivity index (χ0v) is 9.69. The zero-order valence-electron chi connectivity index (χ0n) is 9.69. The topological polar surface area (TPSA) is 29.5 Å². The van der Waals surface area contributed by atoms with Crippen LogP contribution >= 0.6 is 0 Å². The Morgan fingerprint density at radius 3 is 2.81 bits per heavy atom. The van der Waals surface area contributed by atoms with Gasteiger partial charge in [0, 0.05) is 19.8 Å². The monoisotopic (exact) mass is 220 g/mol. The molecule has 1 heterocycles. The van der Waals surface area contributed by atoms with Gasteiger partial charge in [0.15, 0.2) is 0 Å². The molecule has 88 valence electrons. The fourth-order valence-electron chi connectivity index (χ4n) is 2.32. The average Bonchev–Trinajstić information content (AvgIpc) is 2.38. The zero-order chi connectivity index (χ0) is 11.2. The molecule has 1 aliphatic rings. The van der Waals surface area contributed by atoms with Crippen molar-refractivity contribution in [1.29, 1.82) is 0 Å². The second-order valence-corrected chi connectivity index (χ2v) is 4.46. The average molecular weight is 220 g/mol. The fourth-order valence-corrected chi connectivity index (χ4v) is 2.32. The maximum Gasteiger partial charge on any atom is 0.0471 e. The first kappa shape index (κ1) is 11.6. The summed E-state index contributed by atoms with van der Waals surface area (Å²) in [4.78, 5) is 0. The van der Waals surface area contributed by atoms with E-state index >= 15 is 0 Å². The first-order chi connectivity index (χ1) is 7.90. The molecular weight excluding hydrogens is 200 g/mol. The van der Waals surface area contributed by atoms with Crippen LogP contribution in [0.15, 0.2) is 24.3 Å². The highest BCUT2D eigenvalue weighted by atomic mass is 16.5. The van der Waals surface area contributed by atoms with Crippen LogP contribution in [0.5, 0.6) is 0 Å². The minimum absolute atomic E-state index is 0.279. The van der Waals surface area contributed by atoms with Crippen LogP contribution in [-0.4, -0.2) is 24.9 Å². The molecule has 2 rings (SSSR count). The highest BCUT2D eigenvalue weighted by molar-refractivity contribution is 5.26. The van der Waals surface area contributed by atoms with Crippen molar-refractivity contribution in [2.45, 2.75) is 31.6 Å². The molecule has 1 aromatic rings. The van der Waals surface area contributed by atoms with Crippen molar-refractivity contribution in [1.82, 2.24) is 0 Å². The predicted molar refractivity (Wildman–Crippen MR) is 64.6 cm³/mol. The van der Waals surface area contributed by atoms with E-state index < -0.39 is 0 Å². The van der Waals surface area contributed by atoms with E-state index in [2.05, 4.69) is 24.3 Å². The molecule has 1 fully saturated rings. The summed E-state index contributed by atoms with van der Waals surface area (Å²) in [6.07, 6.45) is 4.12. The Labute approximate surface area is 97.3 Å². The Morgan fingerprint density at radius 2 is 2.06 bits per heavy atom. The fraction of sp³-hybridized carbons (Fsp3) is 0.571. The van der Waals surface area contributed by atoms with Gasteiger partial charge in [0.25, 0.3) is 0 Å². The van der Waals surface area contributed by atoms with Gasteiger partial charge in [0.2, 0.25) is 0 Å². The van der Waals surface area contributed by atoms with Crippen molar-refractivity contribution >= 4 is 0 Å². The van der Waals surface area contributed by atoms with Gasteiger partial charge in [-0.15, -0.1) is 0 Å². The first-order valence-corrected chi connectivity index (χ1v) is 6.17. The molecule has 0 saturated carbocycles. The number of hydrogen-bond acceptors (Lipinski definition) is 2. The SMILES string of the molecule is OCCCc1cccc(C2CCOCC2)c1. The number of benzene rings is 1. The molecule has 0 aliphatic carbocycles. The minimum atomic E-state index is 0.279. The van der Waals surface area contributed by atoms with Crippen molar-refractivity contribution in [3.05, 3.63) is 35.4 Å². The molecule has 0 bridgehead atoms. The quantitative estimate of drug-likeness (QED) is 0.844. The Morgan fingerprint density at radius 1 is 1.25 bits per heavy atom. The lowest BCUT2D eigenvalue weighted by Gasteiger charge is -2.22. The largest absolute Gasteiger partial charge is 0.396 e. The number of aryl methyl sites for hydroxylation is 1. The molecular formula is C14H20O2. The van der Waals surface area contributed by atoms with Crippen molar-refractivity contribution < 1.29 is 9.84 Å². The van der Waals surface area contributed by atoms with Gasteiger partial charge in [-0.2, -0.15) is 0 Å². The van der Waals surface area contributed by atoms with Gasteiger partial charge in [-0.25, -0.2) is 0 Å². The van der Waals surface area contributed by atoms with Gasteiger partial charge < -0.3 is 9.84 Å². The van der Waals surface area contributed by atoms with Crippen LogP contribution in [0.3, 0.4) is 0 Å². The number of aliphatic hydroxyl groups excluding tert-OH is 1. The predicted octanol–water partition coefficient (Wildman–Crippen LogP) is 2.51. The van der Waals surface area contributed by atoms with Crippen LogP contribution in [0, 0.1) is 0 Å². The Hall–Kier alpha value is -0.860. The molecule has 1 saturated heterocycles. The highest BCUT2D eigenvalue weighted by Crippen LogP contribution is 2.27. The van der Waals surface area contributed by atoms with Crippen LogP contribution in [0.1, 0.15) is 36.3 Å². The van der Waals surface area contributed by atoms with Crippen LogP contribution < -0.4 is 0 Å². The summed E-state index contributed by atoms with van der Waals surface area (Å²) in [5.74, 6) is 0.669. The van der Waals surface area contributed by atoms with Crippen molar-refractivity contribution in [2.75, 3.05) is 19.8 Å². The summed E-state index contributed by atoms with van der Waals surface area (Å²) in [7, 11) is 0. The normalized spacial score (nSPS) is 17.6. The number of ether oxygens (including phenoxy) is 1. The number of aliphatic hydroxyl groups is 1. The standard InChI is InChI=1S/C14H20O2/c15-8-2-4-12-3-1-5-14(11-12)13-6-9-16-10-7-13/h1,3,5,11,13,15H,2,4,6-10H2. The minimum Gasteiger partial charge on any atom is -0.396 e. The third-order valence-corrected chi connectivity index (χ3v) is 3.27. The van der Waals surface area contributed by atoms with Gasteiger partial charge in [0.1, 0.15) is 0 Å². The Balaban J connectivity index is 2.02. The second kappa shape index (κ2) is 6.02. The van der Waals surface area contributed by atoms with E-state index in [1.165, 1.54) is 11.1 Å². The van der Waals surface area contributed by atoms with E-state index in [0.717, 1.165) is 38.9 Å². The summed E-state index contributed by atoms with van der Waals surface area (Å²) in [5.41, 5.74) is 2.79. The molecule has 0 radical (unpaired) electrons. The van der Waals surface area contributed by atoms with E-state index in [1.54, 1.807) is 0 Å². The molecule has 0 atom stereocenters. The van der Waals surface area contributed by atoms with Gasteiger partial charge in [0.05, 0.1) is 0 Å². The number of rotatable bonds is 4. The van der Waals surface area contributed by atoms with E-state index in [9.17, 15) is 0 Å². The lowest BCUT2D eigenvalue weighted by Crippen LogP contribution is -2.14. The summed E-state index contributed by atoms with van der Waals surface area (Å²) in [6.45, 7) is 2.07. The van der Waals surface area contributed by atoms with E-state index in [1.807, 2.05) is 0 Å². The number of hydrogen-bond donors (Lipinski definition) is 1. The lowest BCUT2D eigenvalue weighted by molar-refractivity contribution is 0.0853. The van der Waals surface area contributed by atoms with Gasteiger partial charge in [-0.3, -0.25) is 0 Å². The van der Waals surface area contributed by atoms with Crippen LogP contribution in [0.2, 0.25) is 0 Å². The second-order valence-electron chi connectivity index (χ2n) is 4.46. The van der Waals surface area contributed by atoms with Gasteiger partial charge in [-0.1, -0.05) is 24.3 Å². The molecule has 0 spiro atoms. The van der Waals surface area contributed by atoms with E-state index in [0.29, 0.717) is 5.92 Å². The third-order valence-electron chi connectivity index (χ3n) is 3.27. The smallest absolute Gasteiger partial charge is 0.0471 e. The molecule has 1 N–H and O–H groups in total. The van der Waals surface area contributed by atoms with Crippen molar-refractivity contribution in [3.63, 3.8) is 0 Å². The molecule has 2 nitrogen and oxygen atoms in total. The van der Waals surface area contributed by atoms with Crippen LogP contribution in [-0.2, 0) is 11.2 Å². The molecule has 0 unspecified atom stereocenters. The molecule has 0 aromatic heterocycles. The lowest BCUT2D eigenvalue weighted by atomic mass is 9.90. The maximum atomic E-state index is 8.83. The van der Waals surface area contributed by atoms with E-state index in [4.69, 9.17) is 9.84 Å². The highest BCUT2D eigenvalue weighted by Gasteiger charge is 2.15. The molecule has 2 heteroatoms. The first-order valence-electron chi connectivity index (χ1n) is 6.17. The molecule has 16 heavy (non-hydrogen) atoms. The summed E-state index contributed by atoms with van der Waals surface area (Å²) in [5, 5.41) is 8.83. The third kappa shape index (κ3) is 3.06. The van der Waals surface area contributed by atoms with Crippen molar-refractivity contribution in [2.24, 2.45) is 0 Å². The van der Waals surface area contributed by atoms with Crippen LogP contribution in [0.4, 0.5) is 0 Å². The Bertz CT molecular complexity index is 316. The van der Waals surface area contributed by atoms with Gasteiger partial charge in [-0.05, 0) is 42.7 Å². The van der Waals surface area contributed by atoms with Crippen LogP contribution in [0.25, 0.3) is 0 Å². The molecule has 1 aromatic carbocycles. The van der Waals surface area contributed by atoms with E-state index in [-0.39, 0.29) is 6.61 Å².